The molecule has 1 saturated heterocycles. The van der Waals surface area contributed by atoms with Crippen LogP contribution >= 0.6 is 0 Å². The van der Waals surface area contributed by atoms with Gasteiger partial charge in [-0.2, -0.15) is 0 Å². The minimum atomic E-state index is -0.333. The summed E-state index contributed by atoms with van der Waals surface area (Å²) in [6.45, 7) is 8.39. The van der Waals surface area contributed by atoms with Gasteiger partial charge in [0.25, 0.3) is 0 Å². The predicted octanol–water partition coefficient (Wildman–Crippen LogP) is 13.1. The van der Waals surface area contributed by atoms with Crippen LogP contribution < -0.4 is 0 Å². The minimum Gasteiger partial charge on any atom is -0.350 e. The van der Waals surface area contributed by atoms with E-state index in [1.165, 1.54) is 128 Å². The maximum Gasteiger partial charge on any atom is 0.170 e. The smallest absolute Gasteiger partial charge is 0.170 e. The fourth-order valence-electron chi connectivity index (χ4n) is 5.99. The Hall–Kier alpha value is -1.16. The molecule has 1 rings (SSSR count). The maximum atomic E-state index is 6.49. The molecule has 0 bridgehead atoms. The van der Waals surface area contributed by atoms with Crippen LogP contribution in [0.4, 0.5) is 0 Å². The van der Waals surface area contributed by atoms with Crippen LogP contribution in [0.25, 0.3) is 0 Å². The van der Waals surface area contributed by atoms with Crippen molar-refractivity contribution in [3.63, 3.8) is 0 Å². The van der Waals surface area contributed by atoms with E-state index >= 15 is 0 Å². The van der Waals surface area contributed by atoms with Crippen LogP contribution in [-0.2, 0) is 9.47 Å². The van der Waals surface area contributed by atoms with Gasteiger partial charge in [-0.05, 0) is 84.1 Å². The lowest BCUT2D eigenvalue weighted by Crippen LogP contribution is -2.47. The Morgan fingerprint density at radius 3 is 1.16 bits per heavy atom. The third-order valence-electron chi connectivity index (χ3n) is 9.17. The van der Waals surface area contributed by atoms with E-state index in [0.717, 1.165) is 64.8 Å². The molecule has 0 saturated carbocycles. The summed E-state index contributed by atoms with van der Waals surface area (Å²) in [5.74, 6) is -0.333. The van der Waals surface area contributed by atoms with E-state index in [-0.39, 0.29) is 5.79 Å². The van der Waals surface area contributed by atoms with Gasteiger partial charge in [-0.25, -0.2) is 0 Å². The lowest BCUT2D eigenvalue weighted by atomic mass is 10.0. The van der Waals surface area contributed by atoms with Crippen molar-refractivity contribution in [2.45, 2.75) is 187 Å². The molecule has 0 aromatic carbocycles. The van der Waals surface area contributed by atoms with E-state index < -0.39 is 0 Å². The van der Waals surface area contributed by atoms with Gasteiger partial charge in [0.1, 0.15) is 0 Å². The second-order valence-corrected chi connectivity index (χ2v) is 13.6. The first-order valence-electron chi connectivity index (χ1n) is 19.8. The molecule has 0 spiro atoms. The molecule has 262 valence electrons. The number of nitrogens with zero attached hydrogens (tertiary/aromatic N) is 1. The zero-order chi connectivity index (χ0) is 32.4. The molecular weight excluding hydrogens is 550 g/mol. The van der Waals surface area contributed by atoms with Crippen LogP contribution in [0.3, 0.4) is 0 Å². The van der Waals surface area contributed by atoms with Crippen LogP contribution in [0.5, 0.6) is 0 Å². The second-order valence-electron chi connectivity index (χ2n) is 13.6. The van der Waals surface area contributed by atoms with Gasteiger partial charge >= 0.3 is 0 Å². The first kappa shape index (κ1) is 41.9. The van der Waals surface area contributed by atoms with Crippen molar-refractivity contribution >= 4 is 0 Å². The number of ether oxygens (including phenoxy) is 2. The monoisotopic (exact) mass is 628 g/mol. The summed E-state index contributed by atoms with van der Waals surface area (Å²) in [7, 11) is 2.22. The molecular formula is C42H77NO2. The number of hydrogen-bond donors (Lipinski definition) is 0. The van der Waals surface area contributed by atoms with Crippen molar-refractivity contribution in [3.8, 4) is 0 Å². The van der Waals surface area contributed by atoms with Gasteiger partial charge in [0.05, 0.1) is 13.2 Å². The molecule has 45 heavy (non-hydrogen) atoms. The second kappa shape index (κ2) is 32.8. The average molecular weight is 628 g/mol. The Balaban J connectivity index is 2.01. The van der Waals surface area contributed by atoms with Gasteiger partial charge in [-0.3, -0.25) is 0 Å². The van der Waals surface area contributed by atoms with Gasteiger partial charge < -0.3 is 14.4 Å². The van der Waals surface area contributed by atoms with Crippen molar-refractivity contribution in [2.75, 3.05) is 33.4 Å². The van der Waals surface area contributed by atoms with Crippen LogP contribution in [0.1, 0.15) is 181 Å². The lowest BCUT2D eigenvalue weighted by Gasteiger charge is -2.40. The lowest BCUT2D eigenvalue weighted by molar-refractivity contribution is -0.257. The predicted molar refractivity (Wildman–Crippen MR) is 200 cm³/mol. The molecule has 0 unspecified atom stereocenters. The van der Waals surface area contributed by atoms with Gasteiger partial charge in [0.2, 0.25) is 0 Å². The number of likely N-dealkylation sites (tertiary alicyclic amines) is 1. The molecule has 3 nitrogen and oxygen atoms in total. The summed E-state index contributed by atoms with van der Waals surface area (Å²) in [6, 6.07) is 0. The third kappa shape index (κ3) is 27.6. The quantitative estimate of drug-likeness (QED) is 0.0421. The molecule has 0 radical (unpaired) electrons. The zero-order valence-electron chi connectivity index (χ0n) is 30.6. The minimum absolute atomic E-state index is 0.333. The van der Waals surface area contributed by atoms with Crippen molar-refractivity contribution in [1.29, 1.82) is 0 Å². The molecule has 1 aliphatic rings. The zero-order valence-corrected chi connectivity index (χ0v) is 30.6. The first-order valence-corrected chi connectivity index (χ1v) is 19.8. The van der Waals surface area contributed by atoms with Crippen LogP contribution in [-0.4, -0.2) is 44.0 Å². The van der Waals surface area contributed by atoms with Crippen LogP contribution in [0, 0.1) is 0 Å². The number of unbranched alkanes of at least 4 members (excludes halogenated alkanes) is 18. The summed E-state index contributed by atoms with van der Waals surface area (Å²) < 4.78 is 13.0. The fraction of sp³-hybridized carbons (Fsp3) is 0.810. The Labute approximate surface area is 282 Å². The Morgan fingerprint density at radius 1 is 0.444 bits per heavy atom. The van der Waals surface area contributed by atoms with Crippen molar-refractivity contribution < 1.29 is 9.47 Å². The maximum absolute atomic E-state index is 6.49. The summed E-state index contributed by atoms with van der Waals surface area (Å²) in [4.78, 5) is 2.41. The molecule has 1 heterocycles. The molecule has 0 aliphatic carbocycles. The Bertz CT molecular complexity index is 664. The highest BCUT2D eigenvalue weighted by atomic mass is 16.7. The molecule has 0 amide bonds. The highest BCUT2D eigenvalue weighted by molar-refractivity contribution is 4.93. The molecule has 0 atom stereocenters. The van der Waals surface area contributed by atoms with Gasteiger partial charge in [-0.1, -0.05) is 140 Å². The molecule has 0 aromatic heterocycles. The molecule has 3 heteroatoms. The average Bonchev–Trinajstić information content (AvgIpc) is 3.05. The van der Waals surface area contributed by atoms with E-state index in [1.807, 2.05) is 0 Å². The fourth-order valence-corrected chi connectivity index (χ4v) is 5.99. The van der Waals surface area contributed by atoms with Gasteiger partial charge in [0, 0.05) is 25.9 Å². The Kier molecular flexibility index (Phi) is 30.5. The number of allylic oxidation sites excluding steroid dienone is 8. The molecule has 0 N–H and O–H groups in total. The summed E-state index contributed by atoms with van der Waals surface area (Å²) in [5, 5.41) is 0. The Morgan fingerprint density at radius 2 is 0.778 bits per heavy atom. The summed E-state index contributed by atoms with van der Waals surface area (Å²) in [6.07, 6.45) is 51.6. The highest BCUT2D eigenvalue weighted by Gasteiger charge is 2.35. The van der Waals surface area contributed by atoms with E-state index in [4.69, 9.17) is 9.47 Å². The number of piperidine rings is 1. The molecule has 1 aliphatic heterocycles. The molecule has 1 fully saturated rings. The van der Waals surface area contributed by atoms with Gasteiger partial charge in [0.15, 0.2) is 5.79 Å². The number of hydrogen-bond acceptors (Lipinski definition) is 3. The van der Waals surface area contributed by atoms with E-state index in [1.54, 1.807) is 0 Å². The SMILES string of the molecule is CCCCCC=CCC=CCCCCCCCCOC1(OCCCCCCCCC=CCC=CCCCCC)CCN(C)CC1. The van der Waals surface area contributed by atoms with Crippen molar-refractivity contribution in [2.24, 2.45) is 0 Å². The standard InChI is InChI=1S/C42H77NO2/c1-4-6-8-10-12-14-16-18-20-22-24-26-28-30-32-34-40-44-42(36-38-43(3)39-37-42)45-41-35-33-31-29-27-25-23-21-19-17-15-13-11-9-7-5-2/h12-15,18-21H,4-11,16-17,22-41H2,1-3H3. The normalized spacial score (nSPS) is 16.0. The van der Waals surface area contributed by atoms with E-state index in [2.05, 4.69) is 74.4 Å². The highest BCUT2D eigenvalue weighted by Crippen LogP contribution is 2.28. The summed E-state index contributed by atoms with van der Waals surface area (Å²) in [5.41, 5.74) is 0. The van der Waals surface area contributed by atoms with Crippen molar-refractivity contribution in [3.05, 3.63) is 48.6 Å². The molecule has 0 aromatic rings. The van der Waals surface area contributed by atoms with Gasteiger partial charge in [-0.15, -0.1) is 0 Å². The van der Waals surface area contributed by atoms with E-state index in [0.29, 0.717) is 0 Å². The van der Waals surface area contributed by atoms with Crippen LogP contribution in [0.2, 0.25) is 0 Å². The topological polar surface area (TPSA) is 21.7 Å². The van der Waals surface area contributed by atoms with E-state index in [9.17, 15) is 0 Å². The third-order valence-corrected chi connectivity index (χ3v) is 9.17. The number of rotatable bonds is 32. The summed E-state index contributed by atoms with van der Waals surface area (Å²) >= 11 is 0. The largest absolute Gasteiger partial charge is 0.350 e. The first-order chi connectivity index (χ1) is 22.2. The van der Waals surface area contributed by atoms with Crippen molar-refractivity contribution in [1.82, 2.24) is 4.90 Å². The van der Waals surface area contributed by atoms with Crippen LogP contribution in [0.15, 0.2) is 48.6 Å².